The molecule has 4 N–H and O–H groups in total. The third kappa shape index (κ3) is 2.49. The zero-order valence-electron chi connectivity index (χ0n) is 10.4. The Kier molecular flexibility index (Phi) is 3.65. The second-order valence-corrected chi connectivity index (χ2v) is 4.05. The standard InChI is InChI=1S/C12H15N5O2/c1-2-9(11(13)16-19)15-12(18)8-7-14-17-6-4-3-5-10(8)17/h3-7,9,19H,2H2,1H3,(H2,13,16)(H,15,18). The van der Waals surface area contributed by atoms with Crippen LogP contribution in [0.4, 0.5) is 0 Å². The van der Waals surface area contributed by atoms with Crippen LogP contribution in [0.5, 0.6) is 0 Å². The Morgan fingerprint density at radius 1 is 1.63 bits per heavy atom. The lowest BCUT2D eigenvalue weighted by Gasteiger charge is -2.14. The molecule has 0 bridgehead atoms. The van der Waals surface area contributed by atoms with Gasteiger partial charge in [0.15, 0.2) is 5.84 Å². The number of carbonyl (C=O) groups excluding carboxylic acids is 1. The van der Waals surface area contributed by atoms with Crippen LogP contribution in [0.3, 0.4) is 0 Å². The molecule has 0 aliphatic carbocycles. The quantitative estimate of drug-likeness (QED) is 0.324. The van der Waals surface area contributed by atoms with Crippen molar-refractivity contribution >= 4 is 17.3 Å². The number of amidine groups is 1. The average molecular weight is 261 g/mol. The summed E-state index contributed by atoms with van der Waals surface area (Å²) in [4.78, 5) is 12.2. The Bertz CT molecular complexity index is 619. The molecule has 0 aliphatic rings. The van der Waals surface area contributed by atoms with E-state index in [2.05, 4.69) is 15.6 Å². The van der Waals surface area contributed by atoms with E-state index in [4.69, 9.17) is 10.9 Å². The molecule has 0 fully saturated rings. The van der Waals surface area contributed by atoms with Gasteiger partial charge in [-0.2, -0.15) is 5.10 Å². The first-order valence-corrected chi connectivity index (χ1v) is 5.88. The summed E-state index contributed by atoms with van der Waals surface area (Å²) in [5.74, 6) is -0.327. The van der Waals surface area contributed by atoms with Crippen molar-refractivity contribution < 1.29 is 10.0 Å². The number of nitrogens with zero attached hydrogens (tertiary/aromatic N) is 3. The third-order valence-corrected chi connectivity index (χ3v) is 2.86. The van der Waals surface area contributed by atoms with Gasteiger partial charge in [-0.05, 0) is 18.6 Å². The van der Waals surface area contributed by atoms with Crippen molar-refractivity contribution in [1.29, 1.82) is 0 Å². The lowest BCUT2D eigenvalue weighted by Crippen LogP contribution is -2.44. The fourth-order valence-electron chi connectivity index (χ4n) is 1.80. The second-order valence-electron chi connectivity index (χ2n) is 4.05. The Hall–Kier alpha value is -2.57. The van der Waals surface area contributed by atoms with Gasteiger partial charge in [0.05, 0.1) is 23.3 Å². The van der Waals surface area contributed by atoms with Crippen molar-refractivity contribution in [1.82, 2.24) is 14.9 Å². The number of hydrogen-bond donors (Lipinski definition) is 3. The summed E-state index contributed by atoms with van der Waals surface area (Å²) in [6.07, 6.45) is 3.78. The van der Waals surface area contributed by atoms with Crippen LogP contribution >= 0.6 is 0 Å². The average Bonchev–Trinajstić information content (AvgIpc) is 2.87. The first kappa shape index (κ1) is 12.9. The van der Waals surface area contributed by atoms with Gasteiger partial charge in [0.25, 0.3) is 5.91 Å². The topological polar surface area (TPSA) is 105 Å². The highest BCUT2D eigenvalue weighted by molar-refractivity contribution is 6.02. The lowest BCUT2D eigenvalue weighted by molar-refractivity contribution is 0.0947. The van der Waals surface area contributed by atoms with Crippen molar-refractivity contribution in [3.8, 4) is 0 Å². The molecule has 1 amide bonds. The molecule has 2 aromatic rings. The highest BCUT2D eigenvalue weighted by Gasteiger charge is 2.18. The summed E-state index contributed by atoms with van der Waals surface area (Å²) in [6.45, 7) is 1.83. The molecule has 0 spiro atoms. The van der Waals surface area contributed by atoms with Crippen LogP contribution in [0.15, 0.2) is 35.7 Å². The van der Waals surface area contributed by atoms with E-state index >= 15 is 0 Å². The molecule has 1 unspecified atom stereocenters. The summed E-state index contributed by atoms with van der Waals surface area (Å²) in [5.41, 5.74) is 6.66. The summed E-state index contributed by atoms with van der Waals surface area (Å²) in [5, 5.41) is 18.3. The maximum atomic E-state index is 12.2. The van der Waals surface area contributed by atoms with Gasteiger partial charge in [0.1, 0.15) is 0 Å². The molecule has 0 radical (unpaired) electrons. The minimum Gasteiger partial charge on any atom is -0.409 e. The third-order valence-electron chi connectivity index (χ3n) is 2.86. The Labute approximate surface area is 109 Å². The predicted octanol–water partition coefficient (Wildman–Crippen LogP) is 0.589. The van der Waals surface area contributed by atoms with Crippen LogP contribution in [0.1, 0.15) is 23.7 Å². The minimum atomic E-state index is -0.504. The Morgan fingerprint density at radius 2 is 2.42 bits per heavy atom. The van der Waals surface area contributed by atoms with Crippen LogP contribution < -0.4 is 11.1 Å². The molecule has 2 rings (SSSR count). The summed E-state index contributed by atoms with van der Waals surface area (Å²) in [6, 6.07) is 4.95. The van der Waals surface area contributed by atoms with Crippen molar-refractivity contribution in [3.05, 3.63) is 36.2 Å². The number of nitrogens with one attached hydrogen (secondary N) is 1. The molecule has 7 nitrogen and oxygen atoms in total. The molecular weight excluding hydrogens is 246 g/mol. The number of aromatic nitrogens is 2. The summed E-state index contributed by atoms with van der Waals surface area (Å²) < 4.78 is 1.61. The molecule has 2 aromatic heterocycles. The Morgan fingerprint density at radius 3 is 3.11 bits per heavy atom. The molecule has 0 saturated heterocycles. The first-order chi connectivity index (χ1) is 9.17. The number of pyridine rings is 1. The van der Waals surface area contributed by atoms with Crippen LogP contribution in [-0.4, -0.2) is 32.6 Å². The number of oxime groups is 1. The molecule has 7 heteroatoms. The number of carbonyl (C=O) groups is 1. The zero-order chi connectivity index (χ0) is 13.8. The van der Waals surface area contributed by atoms with Crippen LogP contribution in [0.25, 0.3) is 5.52 Å². The maximum Gasteiger partial charge on any atom is 0.255 e. The molecule has 1 atom stereocenters. The van der Waals surface area contributed by atoms with Crippen molar-refractivity contribution in [3.63, 3.8) is 0 Å². The largest absolute Gasteiger partial charge is 0.409 e. The molecule has 2 heterocycles. The van der Waals surface area contributed by atoms with Gasteiger partial charge in [-0.25, -0.2) is 4.52 Å². The number of hydrogen-bond acceptors (Lipinski definition) is 4. The van der Waals surface area contributed by atoms with Gasteiger partial charge >= 0.3 is 0 Å². The van der Waals surface area contributed by atoms with E-state index in [1.165, 1.54) is 6.20 Å². The smallest absolute Gasteiger partial charge is 0.255 e. The molecule has 0 saturated carbocycles. The monoisotopic (exact) mass is 261 g/mol. The predicted molar refractivity (Wildman–Crippen MR) is 70.1 cm³/mol. The van der Waals surface area contributed by atoms with Gasteiger partial charge in [-0.1, -0.05) is 18.1 Å². The van der Waals surface area contributed by atoms with Crippen LogP contribution in [0, 0.1) is 0 Å². The summed E-state index contributed by atoms with van der Waals surface area (Å²) >= 11 is 0. The van der Waals surface area contributed by atoms with E-state index in [-0.39, 0.29) is 11.7 Å². The van der Waals surface area contributed by atoms with E-state index in [0.717, 1.165) is 0 Å². The number of nitrogens with two attached hydrogens (primary N) is 1. The zero-order valence-corrected chi connectivity index (χ0v) is 10.4. The van der Waals surface area contributed by atoms with Crippen molar-refractivity contribution in [2.45, 2.75) is 19.4 Å². The SMILES string of the molecule is CCC(NC(=O)c1cnn2ccccc12)/C(N)=N/O. The normalized spacial score (nSPS) is 13.4. The van der Waals surface area contributed by atoms with Gasteiger partial charge in [0, 0.05) is 6.20 Å². The molecular formula is C12H15N5O2. The van der Waals surface area contributed by atoms with Gasteiger partial charge in [-0.3, -0.25) is 4.79 Å². The van der Waals surface area contributed by atoms with E-state index in [1.807, 2.05) is 19.1 Å². The second kappa shape index (κ2) is 5.38. The molecule has 100 valence electrons. The highest BCUT2D eigenvalue weighted by Crippen LogP contribution is 2.10. The lowest BCUT2D eigenvalue weighted by atomic mass is 10.2. The maximum absolute atomic E-state index is 12.2. The fourth-order valence-corrected chi connectivity index (χ4v) is 1.80. The van der Waals surface area contributed by atoms with Gasteiger partial charge < -0.3 is 16.3 Å². The van der Waals surface area contributed by atoms with Crippen LogP contribution in [-0.2, 0) is 0 Å². The Balaban J connectivity index is 2.25. The molecule has 0 aromatic carbocycles. The molecule has 0 aliphatic heterocycles. The summed E-state index contributed by atoms with van der Waals surface area (Å²) in [7, 11) is 0. The number of rotatable bonds is 4. The van der Waals surface area contributed by atoms with E-state index in [1.54, 1.807) is 16.8 Å². The fraction of sp³-hybridized carbons (Fsp3) is 0.250. The van der Waals surface area contributed by atoms with Crippen molar-refractivity contribution in [2.24, 2.45) is 10.9 Å². The highest BCUT2D eigenvalue weighted by atomic mass is 16.4. The van der Waals surface area contributed by atoms with Gasteiger partial charge in [0.2, 0.25) is 0 Å². The molecule has 19 heavy (non-hydrogen) atoms. The van der Waals surface area contributed by atoms with E-state index < -0.39 is 6.04 Å². The minimum absolute atomic E-state index is 0.0210. The number of fused-ring (bicyclic) bond motifs is 1. The van der Waals surface area contributed by atoms with E-state index in [0.29, 0.717) is 17.5 Å². The van der Waals surface area contributed by atoms with Crippen LogP contribution in [0.2, 0.25) is 0 Å². The van der Waals surface area contributed by atoms with Crippen molar-refractivity contribution in [2.75, 3.05) is 0 Å². The van der Waals surface area contributed by atoms with Gasteiger partial charge in [-0.15, -0.1) is 0 Å². The first-order valence-electron chi connectivity index (χ1n) is 5.88. The van der Waals surface area contributed by atoms with E-state index in [9.17, 15) is 4.79 Å². The number of amides is 1.